The Morgan fingerprint density at radius 2 is 2.29 bits per heavy atom. The average molecular weight is 195 g/mol. The number of rotatable bonds is 7. The van der Waals surface area contributed by atoms with Gasteiger partial charge in [0.15, 0.2) is 0 Å². The lowest BCUT2D eigenvalue weighted by atomic mass is 10.2. The van der Waals surface area contributed by atoms with Crippen molar-refractivity contribution in [2.45, 2.75) is 32.7 Å². The number of nitriles is 1. The highest BCUT2D eigenvalue weighted by molar-refractivity contribution is 4.84. The molecule has 14 heavy (non-hydrogen) atoms. The second kappa shape index (κ2) is 6.00. The number of nitrogens with one attached hydrogen (secondary N) is 1. The average Bonchev–Trinajstić information content (AvgIpc) is 3.01. The van der Waals surface area contributed by atoms with Crippen molar-refractivity contribution in [2.24, 2.45) is 5.92 Å². The zero-order valence-corrected chi connectivity index (χ0v) is 9.29. The van der Waals surface area contributed by atoms with E-state index in [2.05, 4.69) is 23.2 Å². The lowest BCUT2D eigenvalue weighted by Crippen LogP contribution is -2.34. The van der Waals surface area contributed by atoms with Gasteiger partial charge < -0.3 is 5.32 Å². The molecule has 1 aliphatic carbocycles. The summed E-state index contributed by atoms with van der Waals surface area (Å²) in [4.78, 5) is 2.52. The van der Waals surface area contributed by atoms with Crippen molar-refractivity contribution in [3.8, 4) is 6.07 Å². The predicted octanol–water partition coefficient (Wildman–Crippen LogP) is 1.22. The molecule has 0 radical (unpaired) electrons. The van der Waals surface area contributed by atoms with E-state index in [9.17, 15) is 0 Å². The van der Waals surface area contributed by atoms with E-state index in [0.717, 1.165) is 32.2 Å². The third kappa shape index (κ3) is 4.08. The first-order valence-electron chi connectivity index (χ1n) is 5.62. The molecule has 1 atom stereocenters. The van der Waals surface area contributed by atoms with Gasteiger partial charge in [-0.2, -0.15) is 5.26 Å². The van der Waals surface area contributed by atoms with Crippen LogP contribution in [0.1, 0.15) is 26.7 Å². The maximum atomic E-state index is 8.59. The number of hydrogen-bond acceptors (Lipinski definition) is 3. The van der Waals surface area contributed by atoms with Gasteiger partial charge in [0.1, 0.15) is 0 Å². The zero-order valence-electron chi connectivity index (χ0n) is 9.29. The van der Waals surface area contributed by atoms with Crippen LogP contribution < -0.4 is 5.32 Å². The summed E-state index contributed by atoms with van der Waals surface area (Å²) in [5.74, 6) is 0.131. The first-order chi connectivity index (χ1) is 6.77. The van der Waals surface area contributed by atoms with E-state index in [4.69, 9.17) is 5.26 Å². The molecule has 0 spiro atoms. The fourth-order valence-corrected chi connectivity index (χ4v) is 1.63. The van der Waals surface area contributed by atoms with Crippen LogP contribution >= 0.6 is 0 Å². The molecule has 0 aromatic heterocycles. The minimum atomic E-state index is 0.131. The van der Waals surface area contributed by atoms with Gasteiger partial charge in [-0.1, -0.05) is 6.92 Å². The van der Waals surface area contributed by atoms with Crippen LogP contribution in [0, 0.1) is 17.2 Å². The van der Waals surface area contributed by atoms with Gasteiger partial charge in [-0.3, -0.25) is 4.90 Å². The van der Waals surface area contributed by atoms with Crippen LogP contribution in [0.4, 0.5) is 0 Å². The van der Waals surface area contributed by atoms with Crippen molar-refractivity contribution >= 4 is 0 Å². The normalized spacial score (nSPS) is 18.1. The van der Waals surface area contributed by atoms with Crippen molar-refractivity contribution in [3.63, 3.8) is 0 Å². The van der Waals surface area contributed by atoms with E-state index in [-0.39, 0.29) is 5.92 Å². The fourth-order valence-electron chi connectivity index (χ4n) is 1.63. The van der Waals surface area contributed by atoms with E-state index >= 15 is 0 Å². The van der Waals surface area contributed by atoms with E-state index in [1.54, 1.807) is 0 Å². The van der Waals surface area contributed by atoms with Crippen molar-refractivity contribution in [1.82, 2.24) is 10.2 Å². The Hall–Kier alpha value is -0.590. The van der Waals surface area contributed by atoms with Crippen LogP contribution in [0.2, 0.25) is 0 Å². The molecule has 0 bridgehead atoms. The molecule has 1 rings (SSSR count). The Labute approximate surface area is 87.1 Å². The van der Waals surface area contributed by atoms with E-state index < -0.39 is 0 Å². The zero-order chi connectivity index (χ0) is 10.4. The minimum Gasteiger partial charge on any atom is -0.314 e. The maximum Gasteiger partial charge on any atom is 0.0666 e. The fraction of sp³-hybridized carbons (Fsp3) is 0.909. The topological polar surface area (TPSA) is 39.1 Å². The Morgan fingerprint density at radius 1 is 1.57 bits per heavy atom. The summed E-state index contributed by atoms with van der Waals surface area (Å²) in [6.07, 6.45) is 2.75. The lowest BCUT2D eigenvalue weighted by molar-refractivity contribution is 0.276. The van der Waals surface area contributed by atoms with Crippen molar-refractivity contribution < 1.29 is 0 Å². The molecule has 1 fully saturated rings. The molecule has 1 saturated carbocycles. The minimum absolute atomic E-state index is 0.131. The number of hydrogen-bond donors (Lipinski definition) is 1. The van der Waals surface area contributed by atoms with E-state index in [1.807, 2.05) is 6.92 Å². The van der Waals surface area contributed by atoms with Gasteiger partial charge in [0.2, 0.25) is 0 Å². The SMILES string of the molecule is CCN(CCNCC(C)C#N)C1CC1. The van der Waals surface area contributed by atoms with Crippen LogP contribution in [0.5, 0.6) is 0 Å². The number of likely N-dealkylation sites (N-methyl/N-ethyl adjacent to an activating group) is 1. The monoisotopic (exact) mass is 195 g/mol. The molecule has 0 aliphatic heterocycles. The highest BCUT2D eigenvalue weighted by Crippen LogP contribution is 2.25. The summed E-state index contributed by atoms with van der Waals surface area (Å²) in [5, 5.41) is 11.9. The highest BCUT2D eigenvalue weighted by atomic mass is 15.2. The standard InChI is InChI=1S/C11H21N3/c1-3-14(11-4-5-11)7-6-13-9-10(2)8-12/h10-11,13H,3-7,9H2,1-2H3. The summed E-state index contributed by atoms with van der Waals surface area (Å²) in [6.45, 7) is 8.27. The Balaban J connectivity index is 1.99. The summed E-state index contributed by atoms with van der Waals surface area (Å²) in [7, 11) is 0. The van der Waals surface area contributed by atoms with Crippen molar-refractivity contribution in [2.75, 3.05) is 26.2 Å². The number of nitrogens with zero attached hydrogens (tertiary/aromatic N) is 2. The van der Waals surface area contributed by atoms with Crippen LogP contribution in [-0.2, 0) is 0 Å². The molecule has 0 saturated heterocycles. The molecule has 0 amide bonds. The molecule has 1 unspecified atom stereocenters. The van der Waals surface area contributed by atoms with E-state index in [1.165, 1.54) is 12.8 Å². The van der Waals surface area contributed by atoms with Crippen LogP contribution in [0.25, 0.3) is 0 Å². The molecule has 80 valence electrons. The molecule has 0 aromatic carbocycles. The molecule has 0 heterocycles. The molecule has 0 aromatic rings. The van der Waals surface area contributed by atoms with Gasteiger partial charge in [-0.15, -0.1) is 0 Å². The summed E-state index contributed by atoms with van der Waals surface area (Å²) < 4.78 is 0. The molecular formula is C11H21N3. The van der Waals surface area contributed by atoms with Gasteiger partial charge in [-0.05, 0) is 26.3 Å². The van der Waals surface area contributed by atoms with Gasteiger partial charge in [-0.25, -0.2) is 0 Å². The Morgan fingerprint density at radius 3 is 2.79 bits per heavy atom. The molecule has 1 N–H and O–H groups in total. The first-order valence-corrected chi connectivity index (χ1v) is 5.62. The summed E-state index contributed by atoms with van der Waals surface area (Å²) >= 11 is 0. The summed E-state index contributed by atoms with van der Waals surface area (Å²) in [6, 6.07) is 3.08. The quantitative estimate of drug-likeness (QED) is 0.621. The van der Waals surface area contributed by atoms with E-state index in [0.29, 0.717) is 0 Å². The first kappa shape index (κ1) is 11.5. The Kier molecular flexibility index (Phi) is 4.92. The van der Waals surface area contributed by atoms with Crippen molar-refractivity contribution in [1.29, 1.82) is 5.26 Å². The molecule has 1 aliphatic rings. The Bertz CT molecular complexity index is 193. The second-order valence-electron chi connectivity index (χ2n) is 4.09. The van der Waals surface area contributed by atoms with Crippen LogP contribution in [0.3, 0.4) is 0 Å². The highest BCUT2D eigenvalue weighted by Gasteiger charge is 2.26. The molecule has 3 nitrogen and oxygen atoms in total. The molecule has 3 heteroatoms. The second-order valence-corrected chi connectivity index (χ2v) is 4.09. The van der Waals surface area contributed by atoms with Crippen LogP contribution in [-0.4, -0.2) is 37.1 Å². The van der Waals surface area contributed by atoms with Crippen LogP contribution in [0.15, 0.2) is 0 Å². The third-order valence-corrected chi connectivity index (χ3v) is 2.72. The maximum absolute atomic E-state index is 8.59. The van der Waals surface area contributed by atoms with Gasteiger partial charge in [0.25, 0.3) is 0 Å². The largest absolute Gasteiger partial charge is 0.314 e. The van der Waals surface area contributed by atoms with Crippen molar-refractivity contribution in [3.05, 3.63) is 0 Å². The summed E-state index contributed by atoms with van der Waals surface area (Å²) in [5.41, 5.74) is 0. The van der Waals surface area contributed by atoms with Gasteiger partial charge >= 0.3 is 0 Å². The molecular weight excluding hydrogens is 174 g/mol. The predicted molar refractivity (Wildman–Crippen MR) is 57.9 cm³/mol. The smallest absolute Gasteiger partial charge is 0.0666 e. The third-order valence-electron chi connectivity index (χ3n) is 2.72. The lowest BCUT2D eigenvalue weighted by Gasteiger charge is -2.19. The van der Waals surface area contributed by atoms with Gasteiger partial charge in [0, 0.05) is 25.7 Å². The van der Waals surface area contributed by atoms with Gasteiger partial charge in [0.05, 0.1) is 12.0 Å².